The summed E-state index contributed by atoms with van der Waals surface area (Å²) in [5, 5.41) is 0.239. The quantitative estimate of drug-likeness (QED) is 0.868. The first-order valence-electron chi connectivity index (χ1n) is 6.88. The van der Waals surface area contributed by atoms with Crippen LogP contribution in [0.15, 0.2) is 36.5 Å². The van der Waals surface area contributed by atoms with Crippen LogP contribution in [0.4, 0.5) is 5.69 Å². The standard InChI is InChI=1S/C16H16ClN3O/c1-10(18)11-4-5-14-12(9-11)6-8-20(14)16(21)13-3-2-7-19-15(13)17/h2-5,7,9-10H,6,8,18H2,1H3/t10-/m1/s1. The van der Waals surface area contributed by atoms with Crippen molar-refractivity contribution in [1.82, 2.24) is 4.98 Å². The number of nitrogens with zero attached hydrogens (tertiary/aromatic N) is 2. The molecule has 1 amide bonds. The molecule has 0 spiro atoms. The summed E-state index contributed by atoms with van der Waals surface area (Å²) in [7, 11) is 0. The van der Waals surface area contributed by atoms with Crippen LogP contribution in [0.1, 0.15) is 34.5 Å². The summed E-state index contributed by atoms with van der Waals surface area (Å²) >= 11 is 6.02. The van der Waals surface area contributed by atoms with Gasteiger partial charge in [-0.3, -0.25) is 4.79 Å². The van der Waals surface area contributed by atoms with Crippen molar-refractivity contribution in [3.8, 4) is 0 Å². The molecule has 0 bridgehead atoms. The predicted octanol–water partition coefficient (Wildman–Crippen LogP) is 2.96. The van der Waals surface area contributed by atoms with Gasteiger partial charge < -0.3 is 10.6 Å². The molecule has 0 aliphatic carbocycles. The van der Waals surface area contributed by atoms with E-state index in [2.05, 4.69) is 11.1 Å². The van der Waals surface area contributed by atoms with Gasteiger partial charge in [-0.05, 0) is 42.7 Å². The average Bonchev–Trinajstić information content (AvgIpc) is 2.90. The van der Waals surface area contributed by atoms with Crippen molar-refractivity contribution in [1.29, 1.82) is 0 Å². The van der Waals surface area contributed by atoms with Crippen LogP contribution < -0.4 is 10.6 Å². The smallest absolute Gasteiger partial charge is 0.261 e. The number of carbonyl (C=O) groups excluding carboxylic acids is 1. The van der Waals surface area contributed by atoms with Gasteiger partial charge in [0.1, 0.15) is 5.15 Å². The summed E-state index contributed by atoms with van der Waals surface area (Å²) in [6, 6.07) is 9.43. The SMILES string of the molecule is C[C@@H](N)c1ccc2c(c1)CCN2C(=O)c1cccnc1Cl. The molecule has 1 aromatic heterocycles. The Morgan fingerprint density at radius 3 is 2.95 bits per heavy atom. The highest BCUT2D eigenvalue weighted by Crippen LogP contribution is 2.32. The number of amides is 1. The Morgan fingerprint density at radius 1 is 1.43 bits per heavy atom. The lowest BCUT2D eigenvalue weighted by atomic mass is 10.0. The number of halogens is 1. The second kappa shape index (κ2) is 5.47. The molecule has 4 nitrogen and oxygen atoms in total. The highest BCUT2D eigenvalue weighted by molar-refractivity contribution is 6.33. The van der Waals surface area contributed by atoms with Gasteiger partial charge in [0.15, 0.2) is 0 Å². The predicted molar refractivity (Wildman–Crippen MR) is 83.7 cm³/mol. The topological polar surface area (TPSA) is 59.2 Å². The molecule has 1 atom stereocenters. The Kier molecular flexibility index (Phi) is 3.66. The van der Waals surface area contributed by atoms with Gasteiger partial charge in [0.05, 0.1) is 5.56 Å². The van der Waals surface area contributed by atoms with Crippen molar-refractivity contribution in [3.63, 3.8) is 0 Å². The number of hydrogen-bond acceptors (Lipinski definition) is 3. The zero-order chi connectivity index (χ0) is 15.0. The summed E-state index contributed by atoms with van der Waals surface area (Å²) in [5.41, 5.74) is 9.51. The number of benzene rings is 1. The monoisotopic (exact) mass is 301 g/mol. The first-order chi connectivity index (χ1) is 10.1. The minimum Gasteiger partial charge on any atom is -0.324 e. The van der Waals surface area contributed by atoms with Crippen molar-refractivity contribution >= 4 is 23.2 Å². The lowest BCUT2D eigenvalue weighted by Gasteiger charge is -2.18. The second-order valence-corrected chi connectivity index (χ2v) is 5.58. The van der Waals surface area contributed by atoms with Crippen molar-refractivity contribution in [2.45, 2.75) is 19.4 Å². The van der Waals surface area contributed by atoms with Crippen molar-refractivity contribution in [3.05, 3.63) is 58.4 Å². The van der Waals surface area contributed by atoms with Gasteiger partial charge >= 0.3 is 0 Å². The van der Waals surface area contributed by atoms with E-state index in [1.807, 2.05) is 19.1 Å². The van der Waals surface area contributed by atoms with Gasteiger partial charge in [0.25, 0.3) is 5.91 Å². The molecular formula is C16H16ClN3O. The largest absolute Gasteiger partial charge is 0.324 e. The van der Waals surface area contributed by atoms with Crippen molar-refractivity contribution < 1.29 is 4.79 Å². The molecule has 0 radical (unpaired) electrons. The summed E-state index contributed by atoms with van der Waals surface area (Å²) in [6.45, 7) is 2.61. The lowest BCUT2D eigenvalue weighted by Crippen LogP contribution is -2.29. The summed E-state index contributed by atoms with van der Waals surface area (Å²) in [6.07, 6.45) is 2.41. The van der Waals surface area contributed by atoms with Gasteiger partial charge in [-0.2, -0.15) is 0 Å². The molecule has 0 saturated carbocycles. The van der Waals surface area contributed by atoms with Crippen LogP contribution >= 0.6 is 11.6 Å². The van der Waals surface area contributed by atoms with E-state index in [1.165, 1.54) is 0 Å². The third kappa shape index (κ3) is 2.52. The van der Waals surface area contributed by atoms with Crippen LogP contribution in [-0.2, 0) is 6.42 Å². The molecule has 3 rings (SSSR count). The molecule has 2 aromatic rings. The van der Waals surface area contributed by atoms with E-state index in [0.29, 0.717) is 12.1 Å². The van der Waals surface area contributed by atoms with Crippen LogP contribution in [0, 0.1) is 0 Å². The first-order valence-corrected chi connectivity index (χ1v) is 7.26. The highest BCUT2D eigenvalue weighted by atomic mass is 35.5. The summed E-state index contributed by atoms with van der Waals surface area (Å²) in [4.78, 5) is 18.3. The molecule has 2 heterocycles. The third-order valence-electron chi connectivity index (χ3n) is 3.76. The number of carbonyl (C=O) groups is 1. The average molecular weight is 302 g/mol. The molecule has 0 unspecified atom stereocenters. The fourth-order valence-corrected chi connectivity index (χ4v) is 2.81. The molecule has 1 aliphatic heterocycles. The zero-order valence-corrected chi connectivity index (χ0v) is 12.5. The van der Waals surface area contributed by atoms with E-state index in [1.54, 1.807) is 23.2 Å². The first kappa shape index (κ1) is 14.0. The van der Waals surface area contributed by atoms with Gasteiger partial charge in [-0.1, -0.05) is 23.7 Å². The number of fused-ring (bicyclic) bond motifs is 1. The number of anilines is 1. The van der Waals surface area contributed by atoms with Crippen molar-refractivity contribution in [2.75, 3.05) is 11.4 Å². The van der Waals surface area contributed by atoms with Gasteiger partial charge in [-0.15, -0.1) is 0 Å². The van der Waals surface area contributed by atoms with Crippen LogP contribution in [0.5, 0.6) is 0 Å². The number of hydrogen-bond donors (Lipinski definition) is 1. The Labute approximate surface area is 128 Å². The van der Waals surface area contributed by atoms with E-state index < -0.39 is 0 Å². The summed E-state index contributed by atoms with van der Waals surface area (Å²) < 4.78 is 0. The molecule has 0 saturated heterocycles. The van der Waals surface area contributed by atoms with E-state index in [4.69, 9.17) is 17.3 Å². The Bertz CT molecular complexity index is 700. The normalized spacial score (nSPS) is 14.9. The molecular weight excluding hydrogens is 286 g/mol. The second-order valence-electron chi connectivity index (χ2n) is 5.23. The molecule has 108 valence electrons. The third-order valence-corrected chi connectivity index (χ3v) is 4.06. The number of aromatic nitrogens is 1. The van der Waals surface area contributed by atoms with Crippen molar-refractivity contribution in [2.24, 2.45) is 5.73 Å². The fraction of sp³-hybridized carbons (Fsp3) is 0.250. The van der Waals surface area contributed by atoms with E-state index in [9.17, 15) is 4.79 Å². The maximum absolute atomic E-state index is 12.6. The van der Waals surface area contributed by atoms with Crippen LogP contribution in [0.25, 0.3) is 0 Å². The van der Waals surface area contributed by atoms with Crippen LogP contribution in [0.2, 0.25) is 5.15 Å². The Balaban J connectivity index is 1.94. The Hall–Kier alpha value is -1.91. The van der Waals surface area contributed by atoms with Gasteiger partial charge in [0.2, 0.25) is 0 Å². The van der Waals surface area contributed by atoms with E-state index in [0.717, 1.165) is 23.2 Å². The highest BCUT2D eigenvalue weighted by Gasteiger charge is 2.27. The van der Waals surface area contributed by atoms with E-state index >= 15 is 0 Å². The zero-order valence-electron chi connectivity index (χ0n) is 11.7. The lowest BCUT2D eigenvalue weighted by molar-refractivity contribution is 0.0989. The Morgan fingerprint density at radius 2 is 2.24 bits per heavy atom. The molecule has 2 N–H and O–H groups in total. The summed E-state index contributed by atoms with van der Waals surface area (Å²) in [5.74, 6) is -0.111. The minimum absolute atomic E-state index is 0.00665. The van der Waals surface area contributed by atoms with Gasteiger partial charge in [0, 0.05) is 24.5 Å². The maximum atomic E-state index is 12.6. The number of nitrogens with two attached hydrogens (primary N) is 1. The molecule has 1 aliphatic rings. The fourth-order valence-electron chi connectivity index (χ4n) is 2.61. The van der Waals surface area contributed by atoms with Crippen LogP contribution in [-0.4, -0.2) is 17.4 Å². The maximum Gasteiger partial charge on any atom is 0.261 e. The minimum atomic E-state index is -0.111. The number of rotatable bonds is 2. The van der Waals surface area contributed by atoms with Gasteiger partial charge in [-0.25, -0.2) is 4.98 Å². The number of pyridine rings is 1. The van der Waals surface area contributed by atoms with E-state index in [-0.39, 0.29) is 17.1 Å². The molecule has 1 aromatic carbocycles. The van der Waals surface area contributed by atoms with Crippen LogP contribution in [0.3, 0.4) is 0 Å². The molecule has 0 fully saturated rings. The molecule has 21 heavy (non-hydrogen) atoms. The molecule has 5 heteroatoms.